The highest BCUT2D eigenvalue weighted by atomic mass is 79.9. The Balaban J connectivity index is 2.00. The van der Waals surface area contributed by atoms with Crippen LogP contribution < -0.4 is 8.92 Å². The molecule has 0 unspecified atom stereocenters. The molecule has 0 saturated heterocycles. The van der Waals surface area contributed by atoms with E-state index in [4.69, 9.17) is 8.92 Å². The summed E-state index contributed by atoms with van der Waals surface area (Å²) in [4.78, 5) is 0.0362. The number of benzene rings is 3. The van der Waals surface area contributed by atoms with Gasteiger partial charge in [0.15, 0.2) is 11.5 Å². The van der Waals surface area contributed by atoms with Crippen molar-refractivity contribution >= 4 is 37.7 Å². The van der Waals surface area contributed by atoms with Gasteiger partial charge >= 0.3 is 10.1 Å². The molecule has 0 spiro atoms. The van der Waals surface area contributed by atoms with Gasteiger partial charge in [0, 0.05) is 0 Å². The minimum Gasteiger partial charge on any atom is -0.493 e. The number of halogens is 1. The zero-order chi connectivity index (χ0) is 21.7. The zero-order valence-corrected chi connectivity index (χ0v) is 18.7. The zero-order valence-electron chi connectivity index (χ0n) is 16.3. The molecule has 7 heteroatoms. The van der Waals surface area contributed by atoms with Crippen molar-refractivity contribution in [1.82, 2.24) is 0 Å². The van der Waals surface area contributed by atoms with Crippen LogP contribution in [0.3, 0.4) is 0 Å². The fraction of sp³-hybridized carbons (Fsp3) is 0.0870. The lowest BCUT2D eigenvalue weighted by Crippen LogP contribution is -2.10. The highest BCUT2D eigenvalue weighted by Crippen LogP contribution is 2.39. The molecule has 0 aromatic heterocycles. The standard InChI is InChI=1S/C23H18BrNO4S/c1-16-8-10-18(11-9-16)19(15-25)12-17-13-21(24)23(22(14-17)28-2)29-30(26,27)20-6-4-3-5-7-20/h3-14H,1-2H3/b19-12+. The maximum absolute atomic E-state index is 12.6. The van der Waals surface area contributed by atoms with Gasteiger partial charge in [-0.15, -0.1) is 0 Å². The number of nitriles is 1. The molecule has 5 nitrogen and oxygen atoms in total. The van der Waals surface area contributed by atoms with Crippen molar-refractivity contribution in [1.29, 1.82) is 5.26 Å². The molecule has 0 bridgehead atoms. The molecule has 152 valence electrons. The van der Waals surface area contributed by atoms with Crippen LogP contribution in [-0.4, -0.2) is 15.5 Å². The summed E-state index contributed by atoms with van der Waals surface area (Å²) in [7, 11) is -2.61. The first-order valence-corrected chi connectivity index (χ1v) is 11.1. The summed E-state index contributed by atoms with van der Waals surface area (Å²) in [5.74, 6) is 0.253. The van der Waals surface area contributed by atoms with Crippen molar-refractivity contribution < 1.29 is 17.3 Å². The minimum atomic E-state index is -4.03. The molecule has 0 aliphatic heterocycles. The third kappa shape index (κ3) is 4.90. The van der Waals surface area contributed by atoms with Crippen LogP contribution in [-0.2, 0) is 10.1 Å². The Morgan fingerprint density at radius 2 is 1.73 bits per heavy atom. The monoisotopic (exact) mass is 483 g/mol. The topological polar surface area (TPSA) is 76.4 Å². The number of aryl methyl sites for hydroxylation is 1. The largest absolute Gasteiger partial charge is 0.493 e. The molecule has 0 atom stereocenters. The Morgan fingerprint density at radius 3 is 2.33 bits per heavy atom. The SMILES string of the molecule is COc1cc(/C=C(\C#N)c2ccc(C)cc2)cc(Br)c1OS(=O)(=O)c1ccccc1. The number of hydrogen-bond donors (Lipinski definition) is 0. The molecular formula is C23H18BrNO4S. The summed E-state index contributed by atoms with van der Waals surface area (Å²) in [6, 6.07) is 21.0. The van der Waals surface area contributed by atoms with Gasteiger partial charge in [0.1, 0.15) is 4.90 Å². The van der Waals surface area contributed by atoms with Crippen LogP contribution in [0.25, 0.3) is 11.6 Å². The van der Waals surface area contributed by atoms with E-state index in [2.05, 4.69) is 22.0 Å². The summed E-state index contributed by atoms with van der Waals surface area (Å²) in [5, 5.41) is 9.57. The third-order valence-corrected chi connectivity index (χ3v) is 6.10. The molecule has 0 N–H and O–H groups in total. The van der Waals surface area contributed by atoms with Gasteiger partial charge in [-0.1, -0.05) is 48.0 Å². The average Bonchev–Trinajstić information content (AvgIpc) is 2.75. The first kappa shape index (κ1) is 21.6. The second-order valence-electron chi connectivity index (χ2n) is 6.42. The van der Waals surface area contributed by atoms with Crippen molar-refractivity contribution in [3.63, 3.8) is 0 Å². The number of nitrogens with zero attached hydrogens (tertiary/aromatic N) is 1. The second-order valence-corrected chi connectivity index (χ2v) is 8.82. The average molecular weight is 484 g/mol. The van der Waals surface area contributed by atoms with E-state index in [0.29, 0.717) is 15.6 Å². The van der Waals surface area contributed by atoms with Crippen molar-refractivity contribution in [2.45, 2.75) is 11.8 Å². The minimum absolute atomic E-state index is 0.0346. The Labute approximate surface area is 184 Å². The van der Waals surface area contributed by atoms with Crippen LogP contribution in [0.5, 0.6) is 11.5 Å². The predicted molar refractivity (Wildman–Crippen MR) is 120 cm³/mol. The van der Waals surface area contributed by atoms with E-state index >= 15 is 0 Å². The van der Waals surface area contributed by atoms with Crippen molar-refractivity contribution in [3.8, 4) is 17.6 Å². The maximum Gasteiger partial charge on any atom is 0.339 e. The molecule has 0 aliphatic carbocycles. The molecule has 3 rings (SSSR count). The lowest BCUT2D eigenvalue weighted by molar-refractivity contribution is 0.389. The second kappa shape index (κ2) is 9.16. The first-order valence-electron chi connectivity index (χ1n) is 8.90. The molecule has 0 amide bonds. The highest BCUT2D eigenvalue weighted by Gasteiger charge is 2.21. The molecule has 0 heterocycles. The molecule has 3 aromatic rings. The Bertz CT molecular complexity index is 1230. The van der Waals surface area contributed by atoms with Gasteiger partial charge < -0.3 is 8.92 Å². The maximum atomic E-state index is 12.6. The molecule has 0 radical (unpaired) electrons. The van der Waals surface area contributed by atoms with E-state index in [-0.39, 0.29) is 16.4 Å². The third-order valence-electron chi connectivity index (χ3n) is 4.27. The fourth-order valence-electron chi connectivity index (χ4n) is 2.73. The van der Waals surface area contributed by atoms with Crippen LogP contribution in [0.1, 0.15) is 16.7 Å². The van der Waals surface area contributed by atoms with Gasteiger partial charge in [0.2, 0.25) is 0 Å². The van der Waals surface area contributed by atoms with Crippen molar-refractivity contribution in [3.05, 3.63) is 87.9 Å². The van der Waals surface area contributed by atoms with E-state index in [1.807, 2.05) is 31.2 Å². The van der Waals surface area contributed by atoms with E-state index in [1.54, 1.807) is 36.4 Å². The molecule has 30 heavy (non-hydrogen) atoms. The Morgan fingerprint density at radius 1 is 1.07 bits per heavy atom. The van der Waals surface area contributed by atoms with E-state index < -0.39 is 10.1 Å². The molecule has 3 aromatic carbocycles. The highest BCUT2D eigenvalue weighted by molar-refractivity contribution is 9.10. The van der Waals surface area contributed by atoms with Gasteiger partial charge in [0.25, 0.3) is 0 Å². The van der Waals surface area contributed by atoms with Crippen molar-refractivity contribution in [2.24, 2.45) is 0 Å². The quantitative estimate of drug-likeness (QED) is 0.259. The lowest BCUT2D eigenvalue weighted by atomic mass is 10.0. The molecule has 0 saturated carbocycles. The van der Waals surface area contributed by atoms with Crippen LogP contribution in [0.15, 0.2) is 76.1 Å². The normalized spacial score (nSPS) is 11.6. The van der Waals surface area contributed by atoms with E-state index in [9.17, 15) is 13.7 Å². The van der Waals surface area contributed by atoms with Crippen LogP contribution >= 0.6 is 15.9 Å². The molecule has 0 aliphatic rings. The number of hydrogen-bond acceptors (Lipinski definition) is 5. The fourth-order valence-corrected chi connectivity index (χ4v) is 4.35. The molecular weight excluding hydrogens is 466 g/mol. The number of ether oxygens (including phenoxy) is 1. The molecule has 0 fully saturated rings. The lowest BCUT2D eigenvalue weighted by Gasteiger charge is -2.13. The first-order chi connectivity index (χ1) is 14.3. The number of methoxy groups -OCH3 is 1. The van der Waals surface area contributed by atoms with Gasteiger partial charge in [0.05, 0.1) is 23.2 Å². The van der Waals surface area contributed by atoms with E-state index in [1.165, 1.54) is 19.2 Å². The van der Waals surface area contributed by atoms with Gasteiger partial charge in [-0.2, -0.15) is 13.7 Å². The summed E-state index contributed by atoms with van der Waals surface area (Å²) >= 11 is 3.36. The van der Waals surface area contributed by atoms with Crippen LogP contribution in [0.2, 0.25) is 0 Å². The van der Waals surface area contributed by atoms with Crippen LogP contribution in [0, 0.1) is 18.3 Å². The summed E-state index contributed by atoms with van der Waals surface area (Å²) < 4.78 is 36.3. The summed E-state index contributed by atoms with van der Waals surface area (Å²) in [6.07, 6.45) is 1.70. The summed E-state index contributed by atoms with van der Waals surface area (Å²) in [5.41, 5.74) is 3.00. The van der Waals surface area contributed by atoms with Gasteiger partial charge in [-0.25, -0.2) is 0 Å². The number of rotatable bonds is 6. The Hall–Kier alpha value is -3.08. The summed E-state index contributed by atoms with van der Waals surface area (Å²) in [6.45, 7) is 1.98. The van der Waals surface area contributed by atoms with E-state index in [0.717, 1.165) is 11.1 Å². The smallest absolute Gasteiger partial charge is 0.339 e. The van der Waals surface area contributed by atoms with Crippen LogP contribution in [0.4, 0.5) is 0 Å². The number of allylic oxidation sites excluding steroid dienone is 1. The predicted octanol–water partition coefficient (Wildman–Crippen LogP) is 5.60. The van der Waals surface area contributed by atoms with Gasteiger partial charge in [-0.3, -0.25) is 0 Å². The Kier molecular flexibility index (Phi) is 6.60. The van der Waals surface area contributed by atoms with Gasteiger partial charge in [-0.05, 0) is 64.3 Å². The van der Waals surface area contributed by atoms with Crippen molar-refractivity contribution in [2.75, 3.05) is 7.11 Å².